The van der Waals surface area contributed by atoms with E-state index in [4.69, 9.17) is 5.73 Å². The number of hydrogen-bond donors (Lipinski definition) is 1. The van der Waals surface area contributed by atoms with Gasteiger partial charge in [0.2, 0.25) is 0 Å². The Kier molecular flexibility index (Phi) is 5.43. The SMILES string of the molecule is CCN1CCN(C(c2cc(Br)cs2)C(C)N)CC1C. The molecule has 0 bridgehead atoms. The van der Waals surface area contributed by atoms with E-state index in [2.05, 4.69) is 57.9 Å². The molecule has 3 atom stereocenters. The summed E-state index contributed by atoms with van der Waals surface area (Å²) in [5, 5.41) is 2.15. The van der Waals surface area contributed by atoms with Gasteiger partial charge < -0.3 is 5.73 Å². The van der Waals surface area contributed by atoms with E-state index < -0.39 is 0 Å². The van der Waals surface area contributed by atoms with Crippen molar-refractivity contribution in [3.05, 3.63) is 20.8 Å². The van der Waals surface area contributed by atoms with Gasteiger partial charge in [0.05, 0.1) is 6.04 Å². The van der Waals surface area contributed by atoms with E-state index in [1.807, 2.05) is 0 Å². The first-order valence-electron chi connectivity index (χ1n) is 7.00. The Balaban J connectivity index is 2.13. The average molecular weight is 346 g/mol. The first kappa shape index (κ1) is 15.4. The Morgan fingerprint density at radius 1 is 1.53 bits per heavy atom. The molecule has 0 radical (unpaired) electrons. The molecule has 1 aromatic heterocycles. The second kappa shape index (κ2) is 6.68. The molecule has 1 aliphatic rings. The zero-order chi connectivity index (χ0) is 14.0. The van der Waals surface area contributed by atoms with E-state index in [0.29, 0.717) is 12.1 Å². The van der Waals surface area contributed by atoms with Crippen LogP contribution in [0.15, 0.2) is 15.9 Å². The van der Waals surface area contributed by atoms with Crippen LogP contribution in [0.4, 0.5) is 0 Å². The van der Waals surface area contributed by atoms with E-state index in [9.17, 15) is 0 Å². The standard InChI is InChI=1S/C14H24BrN3S/c1-4-17-5-6-18(8-10(17)2)14(11(3)16)13-7-12(15)9-19-13/h7,9-11,14H,4-6,8,16H2,1-3H3. The third kappa shape index (κ3) is 3.58. The van der Waals surface area contributed by atoms with Gasteiger partial charge in [-0.15, -0.1) is 11.3 Å². The maximum Gasteiger partial charge on any atom is 0.0592 e. The number of piperazine rings is 1. The molecule has 3 nitrogen and oxygen atoms in total. The van der Waals surface area contributed by atoms with Gasteiger partial charge in [0, 0.05) is 46.4 Å². The molecule has 2 heterocycles. The van der Waals surface area contributed by atoms with Crippen LogP contribution in [-0.4, -0.2) is 48.1 Å². The summed E-state index contributed by atoms with van der Waals surface area (Å²) in [6, 6.07) is 3.34. The molecule has 108 valence electrons. The van der Waals surface area contributed by atoms with Gasteiger partial charge >= 0.3 is 0 Å². The molecule has 0 aliphatic carbocycles. The van der Waals surface area contributed by atoms with Crippen molar-refractivity contribution < 1.29 is 0 Å². The summed E-state index contributed by atoms with van der Waals surface area (Å²) in [5.41, 5.74) is 6.26. The van der Waals surface area contributed by atoms with Gasteiger partial charge in [-0.1, -0.05) is 6.92 Å². The van der Waals surface area contributed by atoms with Gasteiger partial charge in [0.1, 0.15) is 0 Å². The first-order chi connectivity index (χ1) is 9.02. The van der Waals surface area contributed by atoms with Crippen molar-refractivity contribution >= 4 is 27.3 Å². The maximum atomic E-state index is 6.26. The van der Waals surface area contributed by atoms with Crippen LogP contribution in [0, 0.1) is 0 Å². The highest BCUT2D eigenvalue weighted by Gasteiger charge is 2.31. The fourth-order valence-corrected chi connectivity index (χ4v) is 4.69. The number of nitrogens with zero attached hydrogens (tertiary/aromatic N) is 2. The molecule has 0 saturated carbocycles. The Morgan fingerprint density at radius 3 is 2.74 bits per heavy atom. The lowest BCUT2D eigenvalue weighted by Crippen LogP contribution is -2.54. The normalized spacial score (nSPS) is 25.4. The van der Waals surface area contributed by atoms with Gasteiger partial charge in [0.25, 0.3) is 0 Å². The highest BCUT2D eigenvalue weighted by atomic mass is 79.9. The third-order valence-corrected chi connectivity index (χ3v) is 5.74. The first-order valence-corrected chi connectivity index (χ1v) is 8.67. The van der Waals surface area contributed by atoms with E-state index in [1.54, 1.807) is 11.3 Å². The molecule has 1 aliphatic heterocycles. The molecule has 0 spiro atoms. The summed E-state index contributed by atoms with van der Waals surface area (Å²) in [6.07, 6.45) is 0. The number of thiophene rings is 1. The molecule has 5 heteroatoms. The van der Waals surface area contributed by atoms with Crippen LogP contribution in [0.5, 0.6) is 0 Å². The van der Waals surface area contributed by atoms with Crippen LogP contribution in [-0.2, 0) is 0 Å². The lowest BCUT2D eigenvalue weighted by molar-refractivity contribution is 0.0528. The molecular weight excluding hydrogens is 322 g/mol. The van der Waals surface area contributed by atoms with Crippen LogP contribution in [0.1, 0.15) is 31.7 Å². The predicted octanol–water partition coefficient (Wildman–Crippen LogP) is 2.92. The molecular formula is C14H24BrN3S. The Labute approximate surface area is 128 Å². The van der Waals surface area contributed by atoms with Gasteiger partial charge in [0.15, 0.2) is 0 Å². The Morgan fingerprint density at radius 2 is 2.26 bits per heavy atom. The van der Waals surface area contributed by atoms with Crippen LogP contribution >= 0.6 is 27.3 Å². The molecule has 0 amide bonds. The quantitative estimate of drug-likeness (QED) is 0.910. The van der Waals surface area contributed by atoms with E-state index >= 15 is 0 Å². The summed E-state index contributed by atoms with van der Waals surface area (Å²) in [4.78, 5) is 6.47. The predicted molar refractivity (Wildman–Crippen MR) is 86.7 cm³/mol. The summed E-state index contributed by atoms with van der Waals surface area (Å²) >= 11 is 5.35. The lowest BCUT2D eigenvalue weighted by atomic mass is 10.0. The molecule has 2 rings (SSSR count). The number of rotatable bonds is 4. The molecule has 0 aromatic carbocycles. The number of hydrogen-bond acceptors (Lipinski definition) is 4. The largest absolute Gasteiger partial charge is 0.326 e. The molecule has 3 unspecified atom stereocenters. The zero-order valence-electron chi connectivity index (χ0n) is 12.0. The highest BCUT2D eigenvalue weighted by molar-refractivity contribution is 9.10. The second-order valence-electron chi connectivity index (χ2n) is 5.44. The van der Waals surface area contributed by atoms with Crippen LogP contribution in [0.25, 0.3) is 0 Å². The number of halogens is 1. The lowest BCUT2D eigenvalue weighted by Gasteiger charge is -2.43. The van der Waals surface area contributed by atoms with Crippen molar-refractivity contribution in [2.45, 2.75) is 38.9 Å². The van der Waals surface area contributed by atoms with Crippen molar-refractivity contribution in [1.82, 2.24) is 9.80 Å². The van der Waals surface area contributed by atoms with Gasteiger partial charge in [-0.05, 0) is 42.4 Å². The van der Waals surface area contributed by atoms with Crippen molar-refractivity contribution in [3.8, 4) is 0 Å². The zero-order valence-corrected chi connectivity index (χ0v) is 14.4. The van der Waals surface area contributed by atoms with Crippen molar-refractivity contribution in [2.24, 2.45) is 5.73 Å². The van der Waals surface area contributed by atoms with Crippen molar-refractivity contribution in [2.75, 3.05) is 26.2 Å². The van der Waals surface area contributed by atoms with E-state index in [-0.39, 0.29) is 6.04 Å². The summed E-state index contributed by atoms with van der Waals surface area (Å²) in [7, 11) is 0. The Hall–Kier alpha value is 0.0600. The smallest absolute Gasteiger partial charge is 0.0592 e. The third-order valence-electron chi connectivity index (χ3n) is 3.97. The van der Waals surface area contributed by atoms with Gasteiger partial charge in [-0.2, -0.15) is 0 Å². The number of nitrogens with two attached hydrogens (primary N) is 1. The fraction of sp³-hybridized carbons (Fsp3) is 0.714. The summed E-state index contributed by atoms with van der Waals surface area (Å²) < 4.78 is 1.17. The number of likely N-dealkylation sites (N-methyl/N-ethyl adjacent to an activating group) is 1. The fourth-order valence-electron chi connectivity index (χ4n) is 3.00. The van der Waals surface area contributed by atoms with Crippen LogP contribution in [0.2, 0.25) is 0 Å². The minimum absolute atomic E-state index is 0.158. The van der Waals surface area contributed by atoms with E-state index in [1.165, 1.54) is 9.35 Å². The summed E-state index contributed by atoms with van der Waals surface area (Å²) in [5.74, 6) is 0. The summed E-state index contributed by atoms with van der Waals surface area (Å²) in [6.45, 7) is 11.2. The van der Waals surface area contributed by atoms with Gasteiger partial charge in [-0.3, -0.25) is 9.80 Å². The molecule has 1 saturated heterocycles. The van der Waals surface area contributed by atoms with Crippen molar-refractivity contribution in [1.29, 1.82) is 0 Å². The second-order valence-corrected chi connectivity index (χ2v) is 7.30. The van der Waals surface area contributed by atoms with E-state index in [0.717, 1.165) is 26.2 Å². The molecule has 1 aromatic rings. The molecule has 2 N–H and O–H groups in total. The minimum Gasteiger partial charge on any atom is -0.326 e. The van der Waals surface area contributed by atoms with Crippen molar-refractivity contribution in [3.63, 3.8) is 0 Å². The maximum absolute atomic E-state index is 6.26. The average Bonchev–Trinajstić information content (AvgIpc) is 2.75. The van der Waals surface area contributed by atoms with Crippen LogP contribution in [0.3, 0.4) is 0 Å². The minimum atomic E-state index is 0.158. The monoisotopic (exact) mass is 345 g/mol. The van der Waals surface area contributed by atoms with Gasteiger partial charge in [-0.25, -0.2) is 0 Å². The Bertz CT molecular complexity index is 407. The topological polar surface area (TPSA) is 32.5 Å². The molecule has 19 heavy (non-hydrogen) atoms. The highest BCUT2D eigenvalue weighted by Crippen LogP contribution is 2.32. The van der Waals surface area contributed by atoms with Crippen LogP contribution < -0.4 is 5.73 Å². The molecule has 1 fully saturated rings.